The second-order valence-corrected chi connectivity index (χ2v) is 6.59. The summed E-state index contributed by atoms with van der Waals surface area (Å²) in [4.78, 5) is 29.0. The molecule has 25 heavy (non-hydrogen) atoms. The molecule has 1 aromatic carbocycles. The molecule has 0 spiro atoms. The minimum atomic E-state index is -0.763. The van der Waals surface area contributed by atoms with E-state index in [9.17, 15) is 9.59 Å². The first-order valence-electron chi connectivity index (χ1n) is 8.80. The summed E-state index contributed by atoms with van der Waals surface area (Å²) in [5, 5.41) is 0. The van der Waals surface area contributed by atoms with Crippen molar-refractivity contribution >= 4 is 11.9 Å². The SMILES string of the molecule is C[C@H](OC(=O)c1ccc[nH]1)C(=O)N1CCC(Cc2ccccc2)CC1. The maximum Gasteiger partial charge on any atom is 0.355 e. The fourth-order valence-electron chi connectivity index (χ4n) is 3.29. The van der Waals surface area contributed by atoms with Gasteiger partial charge < -0.3 is 14.6 Å². The number of piperidine rings is 1. The van der Waals surface area contributed by atoms with Gasteiger partial charge in [0.1, 0.15) is 5.69 Å². The second-order valence-electron chi connectivity index (χ2n) is 6.59. The Morgan fingerprint density at radius 3 is 2.52 bits per heavy atom. The number of aromatic nitrogens is 1. The highest BCUT2D eigenvalue weighted by molar-refractivity contribution is 5.90. The molecule has 3 rings (SSSR count). The van der Waals surface area contributed by atoms with E-state index in [1.54, 1.807) is 25.3 Å². The van der Waals surface area contributed by atoms with Crippen LogP contribution in [0.3, 0.4) is 0 Å². The van der Waals surface area contributed by atoms with Crippen molar-refractivity contribution in [2.75, 3.05) is 13.1 Å². The Kier molecular flexibility index (Phi) is 5.53. The van der Waals surface area contributed by atoms with Crippen molar-refractivity contribution < 1.29 is 14.3 Å². The highest BCUT2D eigenvalue weighted by Crippen LogP contribution is 2.22. The lowest BCUT2D eigenvalue weighted by molar-refractivity contribution is -0.141. The van der Waals surface area contributed by atoms with Gasteiger partial charge in [-0.1, -0.05) is 30.3 Å². The number of rotatable bonds is 5. The maximum atomic E-state index is 12.5. The number of carbonyl (C=O) groups excluding carboxylic acids is 2. The molecule has 0 bridgehead atoms. The van der Waals surface area contributed by atoms with Crippen molar-refractivity contribution in [2.45, 2.75) is 32.3 Å². The lowest BCUT2D eigenvalue weighted by Crippen LogP contribution is -2.44. The number of nitrogens with one attached hydrogen (secondary N) is 1. The number of ether oxygens (including phenoxy) is 1. The maximum absolute atomic E-state index is 12.5. The third-order valence-corrected chi connectivity index (χ3v) is 4.74. The highest BCUT2D eigenvalue weighted by atomic mass is 16.5. The van der Waals surface area contributed by atoms with Gasteiger partial charge in [0, 0.05) is 19.3 Å². The van der Waals surface area contributed by atoms with E-state index in [1.807, 2.05) is 11.0 Å². The topological polar surface area (TPSA) is 62.4 Å². The van der Waals surface area contributed by atoms with Crippen molar-refractivity contribution in [1.29, 1.82) is 0 Å². The molecule has 1 amide bonds. The van der Waals surface area contributed by atoms with Crippen LogP contribution in [0.4, 0.5) is 0 Å². The van der Waals surface area contributed by atoms with Crippen molar-refractivity contribution in [1.82, 2.24) is 9.88 Å². The number of carbonyl (C=O) groups is 2. The van der Waals surface area contributed by atoms with Crippen LogP contribution in [0.15, 0.2) is 48.7 Å². The van der Waals surface area contributed by atoms with Crippen LogP contribution in [0.2, 0.25) is 0 Å². The van der Waals surface area contributed by atoms with Gasteiger partial charge in [-0.25, -0.2) is 4.79 Å². The Balaban J connectivity index is 1.47. The minimum Gasteiger partial charge on any atom is -0.448 e. The molecule has 2 aromatic rings. The predicted octanol–water partition coefficient (Wildman–Crippen LogP) is 3.04. The zero-order valence-electron chi connectivity index (χ0n) is 14.5. The van der Waals surface area contributed by atoms with E-state index >= 15 is 0 Å². The molecule has 1 atom stereocenters. The molecule has 1 saturated heterocycles. The number of H-pyrrole nitrogens is 1. The number of amides is 1. The Morgan fingerprint density at radius 2 is 1.88 bits per heavy atom. The van der Waals surface area contributed by atoms with E-state index in [0.29, 0.717) is 11.6 Å². The van der Waals surface area contributed by atoms with E-state index in [4.69, 9.17) is 4.74 Å². The van der Waals surface area contributed by atoms with Gasteiger partial charge >= 0.3 is 5.97 Å². The van der Waals surface area contributed by atoms with Gasteiger partial charge in [0.05, 0.1) is 0 Å². The molecular weight excluding hydrogens is 316 g/mol. The summed E-state index contributed by atoms with van der Waals surface area (Å²) in [6.07, 6.45) is 3.91. The number of likely N-dealkylation sites (tertiary alicyclic amines) is 1. The molecule has 0 unspecified atom stereocenters. The van der Waals surface area contributed by atoms with Crippen molar-refractivity contribution in [2.24, 2.45) is 5.92 Å². The smallest absolute Gasteiger partial charge is 0.355 e. The number of benzene rings is 1. The normalized spacial score (nSPS) is 16.4. The molecule has 1 aliphatic heterocycles. The lowest BCUT2D eigenvalue weighted by atomic mass is 9.90. The molecule has 5 heteroatoms. The third kappa shape index (κ3) is 4.50. The number of hydrogen-bond acceptors (Lipinski definition) is 3. The van der Waals surface area contributed by atoms with Crippen molar-refractivity contribution in [3.63, 3.8) is 0 Å². The van der Waals surface area contributed by atoms with E-state index < -0.39 is 12.1 Å². The molecule has 132 valence electrons. The van der Waals surface area contributed by atoms with Gasteiger partial charge in [0.25, 0.3) is 5.91 Å². The van der Waals surface area contributed by atoms with E-state index in [2.05, 4.69) is 29.2 Å². The van der Waals surface area contributed by atoms with Crippen LogP contribution in [0, 0.1) is 5.92 Å². The monoisotopic (exact) mass is 340 g/mol. The molecule has 0 aliphatic carbocycles. The predicted molar refractivity (Wildman–Crippen MR) is 95.1 cm³/mol. The average Bonchev–Trinajstić information content (AvgIpc) is 3.17. The molecule has 1 fully saturated rings. The Labute approximate surface area is 148 Å². The standard InChI is InChI=1S/C20H24N2O3/c1-15(25-20(24)18-8-5-11-21-18)19(23)22-12-9-17(10-13-22)14-16-6-3-2-4-7-16/h2-8,11,15,17,21H,9-10,12-14H2,1H3/t15-/m0/s1. The largest absolute Gasteiger partial charge is 0.448 e. The first kappa shape index (κ1) is 17.3. The van der Waals surface area contributed by atoms with Crippen LogP contribution >= 0.6 is 0 Å². The molecule has 1 aromatic heterocycles. The highest BCUT2D eigenvalue weighted by Gasteiger charge is 2.28. The number of esters is 1. The third-order valence-electron chi connectivity index (χ3n) is 4.74. The zero-order chi connectivity index (χ0) is 17.6. The summed E-state index contributed by atoms with van der Waals surface area (Å²) in [6, 6.07) is 13.8. The first-order valence-corrected chi connectivity index (χ1v) is 8.80. The average molecular weight is 340 g/mol. The fourth-order valence-corrected chi connectivity index (χ4v) is 3.29. The molecule has 2 heterocycles. The Hall–Kier alpha value is -2.56. The molecule has 5 nitrogen and oxygen atoms in total. The lowest BCUT2D eigenvalue weighted by Gasteiger charge is -2.33. The molecule has 1 aliphatic rings. The van der Waals surface area contributed by atoms with Gasteiger partial charge in [0.15, 0.2) is 6.10 Å². The quantitative estimate of drug-likeness (QED) is 0.851. The van der Waals surface area contributed by atoms with Crippen LogP contribution in [0.5, 0.6) is 0 Å². The Bertz CT molecular complexity index is 689. The van der Waals surface area contributed by atoms with E-state index in [0.717, 1.165) is 32.4 Å². The van der Waals surface area contributed by atoms with Gasteiger partial charge in [-0.15, -0.1) is 0 Å². The summed E-state index contributed by atoms with van der Waals surface area (Å²) in [6.45, 7) is 3.08. The molecule has 0 radical (unpaired) electrons. The summed E-state index contributed by atoms with van der Waals surface area (Å²) in [5.41, 5.74) is 1.71. The van der Waals surface area contributed by atoms with Gasteiger partial charge in [-0.3, -0.25) is 4.79 Å². The van der Waals surface area contributed by atoms with Crippen LogP contribution in [0.25, 0.3) is 0 Å². The summed E-state index contributed by atoms with van der Waals surface area (Å²) in [7, 11) is 0. The Morgan fingerprint density at radius 1 is 1.16 bits per heavy atom. The fraction of sp³-hybridized carbons (Fsp3) is 0.400. The second kappa shape index (κ2) is 8.01. The van der Waals surface area contributed by atoms with E-state index in [1.165, 1.54) is 5.56 Å². The minimum absolute atomic E-state index is 0.113. The summed E-state index contributed by atoms with van der Waals surface area (Å²) < 4.78 is 5.27. The van der Waals surface area contributed by atoms with E-state index in [-0.39, 0.29) is 5.91 Å². The van der Waals surface area contributed by atoms with Gasteiger partial charge in [-0.05, 0) is 49.8 Å². The number of hydrogen-bond donors (Lipinski definition) is 1. The molecule has 1 N–H and O–H groups in total. The van der Waals surface area contributed by atoms with Crippen molar-refractivity contribution in [3.8, 4) is 0 Å². The number of nitrogens with zero attached hydrogens (tertiary/aromatic N) is 1. The number of aromatic amines is 1. The van der Waals surface area contributed by atoms with Crippen LogP contribution in [0.1, 0.15) is 35.8 Å². The molecule has 0 saturated carbocycles. The summed E-state index contributed by atoms with van der Waals surface area (Å²) in [5.74, 6) is -0.00824. The van der Waals surface area contributed by atoms with Crippen LogP contribution in [-0.4, -0.2) is 41.0 Å². The van der Waals surface area contributed by atoms with Crippen LogP contribution < -0.4 is 0 Å². The van der Waals surface area contributed by atoms with Gasteiger partial charge in [0.2, 0.25) is 0 Å². The summed E-state index contributed by atoms with van der Waals surface area (Å²) >= 11 is 0. The zero-order valence-corrected chi connectivity index (χ0v) is 14.5. The van der Waals surface area contributed by atoms with Crippen molar-refractivity contribution in [3.05, 3.63) is 59.9 Å². The van der Waals surface area contributed by atoms with Gasteiger partial charge in [-0.2, -0.15) is 0 Å². The van der Waals surface area contributed by atoms with Crippen LogP contribution in [-0.2, 0) is 16.0 Å². The first-order chi connectivity index (χ1) is 12.1. The molecular formula is C20H24N2O3.